The predicted octanol–water partition coefficient (Wildman–Crippen LogP) is 3.96. The second-order valence-corrected chi connectivity index (χ2v) is 6.67. The molecule has 3 aromatic rings. The fraction of sp³-hybridized carbons (Fsp3) is 0.0909. The van der Waals surface area contributed by atoms with E-state index in [-0.39, 0.29) is 22.6 Å². The molecule has 0 unspecified atom stereocenters. The summed E-state index contributed by atoms with van der Waals surface area (Å²) in [6.45, 7) is 1.76. The molecule has 2 aromatic carbocycles. The number of halogens is 2. The molecule has 0 saturated carbocycles. The summed E-state index contributed by atoms with van der Waals surface area (Å²) in [7, 11) is 1.45. The van der Waals surface area contributed by atoms with Crippen LogP contribution in [0.1, 0.15) is 32.7 Å². The summed E-state index contributed by atoms with van der Waals surface area (Å²) in [5, 5.41) is 20.9. The van der Waals surface area contributed by atoms with Gasteiger partial charge in [0.2, 0.25) is 0 Å². The van der Waals surface area contributed by atoms with Crippen LogP contribution in [0.5, 0.6) is 0 Å². The lowest BCUT2D eigenvalue weighted by molar-refractivity contribution is 0.101. The zero-order valence-corrected chi connectivity index (χ0v) is 16.8. The second-order valence-electron chi connectivity index (χ2n) is 6.67. The summed E-state index contributed by atoms with van der Waals surface area (Å²) in [6, 6.07) is 8.79. The van der Waals surface area contributed by atoms with Gasteiger partial charge in [0.25, 0.3) is 5.91 Å². The summed E-state index contributed by atoms with van der Waals surface area (Å²) < 4.78 is 29.1. The maximum atomic E-state index is 14.7. The van der Waals surface area contributed by atoms with Gasteiger partial charge in [-0.2, -0.15) is 0 Å². The van der Waals surface area contributed by atoms with E-state index in [0.717, 1.165) is 6.07 Å². The van der Waals surface area contributed by atoms with Crippen LogP contribution in [-0.4, -0.2) is 29.9 Å². The van der Waals surface area contributed by atoms with Crippen molar-refractivity contribution >= 4 is 34.9 Å². The fourth-order valence-corrected chi connectivity index (χ4v) is 3.13. The second kappa shape index (κ2) is 8.70. The normalized spacial score (nSPS) is 10.5. The third-order valence-corrected chi connectivity index (χ3v) is 4.75. The Bertz CT molecular complexity index is 1210. The monoisotopic (exact) mass is 422 g/mol. The fourth-order valence-electron chi connectivity index (χ4n) is 3.13. The van der Waals surface area contributed by atoms with Crippen LogP contribution in [0, 0.1) is 29.4 Å². The Balaban J connectivity index is 1.97. The van der Waals surface area contributed by atoms with Crippen LogP contribution in [0.15, 0.2) is 42.6 Å². The number of nitrogens with two attached hydrogens (primary N) is 1. The van der Waals surface area contributed by atoms with Crippen molar-refractivity contribution < 1.29 is 13.6 Å². The minimum Gasteiger partial charge on any atom is -0.398 e. The van der Waals surface area contributed by atoms with Gasteiger partial charge in [-0.15, -0.1) is 0 Å². The van der Waals surface area contributed by atoms with Crippen LogP contribution in [0.4, 0.5) is 25.8 Å². The number of benzene rings is 2. The molecule has 7 nitrogen and oxygen atoms in total. The van der Waals surface area contributed by atoms with Crippen molar-refractivity contribution in [1.29, 1.82) is 10.8 Å². The molecule has 0 aliphatic rings. The first-order valence-corrected chi connectivity index (χ1v) is 9.20. The summed E-state index contributed by atoms with van der Waals surface area (Å²) in [4.78, 5) is 16.8. The molecule has 0 radical (unpaired) electrons. The number of nitrogens with zero attached hydrogens (tertiary/aromatic N) is 1. The summed E-state index contributed by atoms with van der Waals surface area (Å²) >= 11 is 0. The number of pyridine rings is 1. The first-order valence-electron chi connectivity index (χ1n) is 9.20. The molecular weight excluding hydrogens is 402 g/mol. The van der Waals surface area contributed by atoms with E-state index in [1.165, 1.54) is 25.2 Å². The molecule has 9 heteroatoms. The van der Waals surface area contributed by atoms with Crippen molar-refractivity contribution in [2.45, 2.75) is 6.92 Å². The number of carbonyl (C=O) groups excluding carboxylic acids is 1. The lowest BCUT2D eigenvalue weighted by atomic mass is 9.99. The highest BCUT2D eigenvalue weighted by atomic mass is 19.1. The van der Waals surface area contributed by atoms with Gasteiger partial charge in [0.1, 0.15) is 17.2 Å². The van der Waals surface area contributed by atoms with E-state index in [9.17, 15) is 13.6 Å². The molecule has 1 aromatic heterocycles. The van der Waals surface area contributed by atoms with Crippen molar-refractivity contribution in [1.82, 2.24) is 4.98 Å². The largest absolute Gasteiger partial charge is 0.398 e. The Kier molecular flexibility index (Phi) is 6.05. The van der Waals surface area contributed by atoms with E-state index >= 15 is 0 Å². The summed E-state index contributed by atoms with van der Waals surface area (Å²) in [6.07, 6.45) is 2.31. The average Bonchev–Trinajstić information content (AvgIpc) is 2.74. The van der Waals surface area contributed by atoms with Crippen molar-refractivity contribution in [3.8, 4) is 0 Å². The molecule has 1 amide bonds. The number of hydrogen-bond acceptors (Lipinski definition) is 6. The first-order chi connectivity index (χ1) is 14.8. The van der Waals surface area contributed by atoms with Gasteiger partial charge >= 0.3 is 0 Å². The van der Waals surface area contributed by atoms with Crippen molar-refractivity contribution in [2.24, 2.45) is 0 Å². The number of aromatic nitrogens is 1. The lowest BCUT2D eigenvalue weighted by Gasteiger charge is -2.14. The number of carbonyl (C=O) groups is 1. The molecule has 31 heavy (non-hydrogen) atoms. The van der Waals surface area contributed by atoms with E-state index in [4.69, 9.17) is 16.6 Å². The highest BCUT2D eigenvalue weighted by Gasteiger charge is 2.23. The van der Waals surface area contributed by atoms with Crippen LogP contribution in [0.3, 0.4) is 0 Å². The van der Waals surface area contributed by atoms with Crippen LogP contribution >= 0.6 is 0 Å². The maximum absolute atomic E-state index is 14.7. The van der Waals surface area contributed by atoms with Crippen LogP contribution < -0.4 is 16.4 Å². The van der Waals surface area contributed by atoms with Crippen LogP contribution in [-0.2, 0) is 0 Å². The zero-order valence-electron chi connectivity index (χ0n) is 16.8. The third-order valence-electron chi connectivity index (χ3n) is 4.75. The standard InChI is InChI=1S/C22H20F2N6O/c1-11-13(4-3-7-29-11)21(27)14-8-12(5-6-17(14)26)30-22(31)19-16(23)9-18(28-2)15(10-25)20(19)24/h3-10,25,27-28H,26H2,1-2H3,(H,30,31). The first kappa shape index (κ1) is 21.6. The Morgan fingerprint density at radius 2 is 1.94 bits per heavy atom. The number of aryl methyl sites for hydroxylation is 1. The molecule has 0 fully saturated rings. The molecule has 6 N–H and O–H groups in total. The van der Waals surface area contributed by atoms with E-state index in [1.807, 2.05) is 0 Å². The molecule has 1 heterocycles. The van der Waals surface area contributed by atoms with Gasteiger partial charge in [0.15, 0.2) is 0 Å². The molecule has 3 rings (SSSR count). The van der Waals surface area contributed by atoms with Gasteiger partial charge in [0.05, 0.1) is 11.3 Å². The summed E-state index contributed by atoms with van der Waals surface area (Å²) in [5.41, 5.74) is 7.15. The average molecular weight is 422 g/mol. The maximum Gasteiger partial charge on any atom is 0.261 e. The summed E-state index contributed by atoms with van der Waals surface area (Å²) in [5.74, 6) is -3.24. The highest BCUT2D eigenvalue weighted by Crippen LogP contribution is 2.26. The molecule has 0 atom stereocenters. The minimum absolute atomic E-state index is 0.0524. The Morgan fingerprint density at radius 1 is 1.19 bits per heavy atom. The van der Waals surface area contributed by atoms with Gasteiger partial charge < -0.3 is 21.8 Å². The molecular formula is C22H20F2N6O. The van der Waals surface area contributed by atoms with Crippen LogP contribution in [0.25, 0.3) is 0 Å². The number of nitrogen functional groups attached to an aromatic ring is 1. The number of hydrogen-bond donors (Lipinski definition) is 5. The molecule has 0 saturated heterocycles. The Hall–Kier alpha value is -4.14. The number of anilines is 3. The van der Waals surface area contributed by atoms with E-state index in [1.54, 1.807) is 25.3 Å². The van der Waals surface area contributed by atoms with Gasteiger partial charge in [-0.3, -0.25) is 15.2 Å². The minimum atomic E-state index is -1.15. The topological polar surface area (TPSA) is 128 Å². The lowest BCUT2D eigenvalue weighted by Crippen LogP contribution is -2.18. The number of amides is 1. The molecule has 0 bridgehead atoms. The van der Waals surface area contributed by atoms with E-state index in [0.29, 0.717) is 28.7 Å². The van der Waals surface area contributed by atoms with Gasteiger partial charge in [0, 0.05) is 53.3 Å². The van der Waals surface area contributed by atoms with E-state index in [2.05, 4.69) is 15.6 Å². The van der Waals surface area contributed by atoms with Crippen LogP contribution in [0.2, 0.25) is 0 Å². The molecule has 158 valence electrons. The molecule has 0 aliphatic heterocycles. The molecule has 0 aliphatic carbocycles. The van der Waals surface area contributed by atoms with Crippen molar-refractivity contribution in [2.75, 3.05) is 23.4 Å². The Morgan fingerprint density at radius 3 is 2.58 bits per heavy atom. The van der Waals surface area contributed by atoms with Crippen molar-refractivity contribution in [3.63, 3.8) is 0 Å². The Labute approximate surface area is 177 Å². The van der Waals surface area contributed by atoms with E-state index < -0.39 is 23.1 Å². The number of rotatable bonds is 6. The smallest absolute Gasteiger partial charge is 0.261 e. The molecule has 0 spiro atoms. The SMILES string of the molecule is CNc1cc(F)c(C(=O)Nc2ccc(N)c(C(=N)c3cccnc3C)c2)c(F)c1C=N. The highest BCUT2D eigenvalue weighted by molar-refractivity contribution is 6.15. The predicted molar refractivity (Wildman–Crippen MR) is 118 cm³/mol. The van der Waals surface area contributed by atoms with Gasteiger partial charge in [-0.05, 0) is 43.3 Å². The quantitative estimate of drug-likeness (QED) is 0.304. The van der Waals surface area contributed by atoms with Gasteiger partial charge in [-0.25, -0.2) is 8.78 Å². The number of nitrogens with one attached hydrogen (secondary N) is 4. The zero-order chi connectivity index (χ0) is 22.7. The van der Waals surface area contributed by atoms with Crippen molar-refractivity contribution in [3.05, 3.63) is 82.2 Å². The van der Waals surface area contributed by atoms with Gasteiger partial charge in [-0.1, -0.05) is 0 Å². The third kappa shape index (κ3) is 4.11.